The Morgan fingerprint density at radius 2 is 1.95 bits per heavy atom. The number of anilines is 2. The van der Waals surface area contributed by atoms with E-state index >= 15 is 0 Å². The van der Waals surface area contributed by atoms with Gasteiger partial charge in [0.05, 0.1) is 24.0 Å². The summed E-state index contributed by atoms with van der Waals surface area (Å²) >= 11 is 5.98. The van der Waals surface area contributed by atoms with Crippen molar-refractivity contribution in [2.24, 2.45) is 0 Å². The van der Waals surface area contributed by atoms with E-state index in [2.05, 4.69) is 11.4 Å². The maximum absolute atomic E-state index is 9.15. The fourth-order valence-corrected chi connectivity index (χ4v) is 1.95. The van der Waals surface area contributed by atoms with Crippen LogP contribution < -0.4 is 10.1 Å². The zero-order chi connectivity index (χ0) is 13.8. The van der Waals surface area contributed by atoms with Gasteiger partial charge in [0.1, 0.15) is 11.8 Å². The molecule has 0 spiro atoms. The molecular formula is C15H13ClN2O. The van der Waals surface area contributed by atoms with Crippen LogP contribution in [0.4, 0.5) is 11.4 Å². The Kier molecular flexibility index (Phi) is 3.94. The van der Waals surface area contributed by atoms with Gasteiger partial charge in [0.25, 0.3) is 0 Å². The highest BCUT2D eigenvalue weighted by Crippen LogP contribution is 2.31. The van der Waals surface area contributed by atoms with Gasteiger partial charge < -0.3 is 10.1 Å². The van der Waals surface area contributed by atoms with Crippen LogP contribution in [-0.2, 0) is 0 Å². The van der Waals surface area contributed by atoms with E-state index in [9.17, 15) is 0 Å². The third kappa shape index (κ3) is 2.98. The molecule has 0 saturated carbocycles. The summed E-state index contributed by atoms with van der Waals surface area (Å²) in [4.78, 5) is 0. The van der Waals surface area contributed by atoms with E-state index in [1.54, 1.807) is 25.3 Å². The third-order valence-corrected chi connectivity index (χ3v) is 2.96. The van der Waals surface area contributed by atoms with Gasteiger partial charge in [-0.1, -0.05) is 17.7 Å². The molecule has 1 N–H and O–H groups in total. The lowest BCUT2D eigenvalue weighted by Crippen LogP contribution is -1.97. The highest BCUT2D eigenvalue weighted by Gasteiger charge is 2.07. The van der Waals surface area contributed by atoms with Crippen molar-refractivity contribution in [1.82, 2.24) is 0 Å². The minimum Gasteiger partial charge on any atom is -0.495 e. The molecule has 2 rings (SSSR count). The Morgan fingerprint density at radius 1 is 1.16 bits per heavy atom. The molecule has 96 valence electrons. The van der Waals surface area contributed by atoms with Gasteiger partial charge in [-0.3, -0.25) is 0 Å². The molecule has 0 bridgehead atoms. The van der Waals surface area contributed by atoms with Crippen LogP contribution >= 0.6 is 11.6 Å². The molecule has 0 aliphatic heterocycles. The number of hydrogen-bond acceptors (Lipinski definition) is 3. The molecule has 0 saturated heterocycles. The number of halogens is 1. The summed E-state index contributed by atoms with van der Waals surface area (Å²) in [5.74, 6) is 0.675. The Labute approximate surface area is 117 Å². The molecule has 0 heterocycles. The molecule has 0 atom stereocenters. The fourth-order valence-electron chi connectivity index (χ4n) is 1.78. The number of ether oxygens (including phenoxy) is 1. The maximum atomic E-state index is 9.15. The van der Waals surface area contributed by atoms with Crippen molar-refractivity contribution in [3.63, 3.8) is 0 Å². The van der Waals surface area contributed by atoms with E-state index < -0.39 is 0 Å². The van der Waals surface area contributed by atoms with Crippen LogP contribution in [0.5, 0.6) is 5.75 Å². The molecule has 2 aromatic carbocycles. The maximum Gasteiger partial charge on any atom is 0.142 e. The van der Waals surface area contributed by atoms with Crippen LogP contribution in [-0.4, -0.2) is 7.11 Å². The van der Waals surface area contributed by atoms with Crippen LogP contribution in [0.3, 0.4) is 0 Å². The minimum atomic E-state index is 0.585. The standard InChI is InChI=1S/C15H13ClN2O/c1-10-3-5-13(11(7-10)9-17)18-14-8-12(16)4-6-15(14)19-2/h3-8,18H,1-2H3. The molecule has 0 aliphatic carbocycles. The highest BCUT2D eigenvalue weighted by molar-refractivity contribution is 6.31. The van der Waals surface area contributed by atoms with Crippen molar-refractivity contribution in [3.05, 3.63) is 52.5 Å². The second kappa shape index (κ2) is 5.64. The number of nitrogens with zero attached hydrogens (tertiary/aromatic N) is 1. The van der Waals surface area contributed by atoms with E-state index in [0.29, 0.717) is 16.3 Å². The SMILES string of the molecule is COc1ccc(Cl)cc1Nc1ccc(C)cc1C#N. The average molecular weight is 273 g/mol. The number of hydrogen-bond donors (Lipinski definition) is 1. The summed E-state index contributed by atoms with van der Waals surface area (Å²) in [7, 11) is 1.59. The van der Waals surface area contributed by atoms with Crippen molar-refractivity contribution in [1.29, 1.82) is 5.26 Å². The minimum absolute atomic E-state index is 0.585. The number of nitrogens with one attached hydrogen (secondary N) is 1. The first kappa shape index (κ1) is 13.3. The van der Waals surface area contributed by atoms with E-state index in [1.165, 1.54) is 0 Å². The van der Waals surface area contributed by atoms with Gasteiger partial charge in [-0.15, -0.1) is 0 Å². The lowest BCUT2D eigenvalue weighted by molar-refractivity contribution is 0.417. The van der Waals surface area contributed by atoms with E-state index in [-0.39, 0.29) is 0 Å². The summed E-state index contributed by atoms with van der Waals surface area (Å²) in [6, 6.07) is 13.1. The number of methoxy groups -OCH3 is 1. The normalized spacial score (nSPS) is 9.79. The van der Waals surface area contributed by atoms with Gasteiger partial charge in [0.2, 0.25) is 0 Å². The largest absolute Gasteiger partial charge is 0.495 e. The van der Waals surface area contributed by atoms with Crippen molar-refractivity contribution in [2.75, 3.05) is 12.4 Å². The highest BCUT2D eigenvalue weighted by atomic mass is 35.5. The second-order valence-corrected chi connectivity index (χ2v) is 4.57. The summed E-state index contributed by atoms with van der Waals surface area (Å²) in [5.41, 5.74) is 3.09. The molecule has 3 nitrogen and oxygen atoms in total. The molecule has 0 fully saturated rings. The fraction of sp³-hybridized carbons (Fsp3) is 0.133. The Bertz CT molecular complexity index is 647. The zero-order valence-electron chi connectivity index (χ0n) is 10.7. The van der Waals surface area contributed by atoms with Gasteiger partial charge in [-0.05, 0) is 42.8 Å². The number of aryl methyl sites for hydroxylation is 1. The lowest BCUT2D eigenvalue weighted by Gasteiger charge is -2.13. The summed E-state index contributed by atoms with van der Waals surface area (Å²) in [5, 5.41) is 12.9. The van der Waals surface area contributed by atoms with Crippen LogP contribution in [0.1, 0.15) is 11.1 Å². The van der Waals surface area contributed by atoms with E-state index in [0.717, 1.165) is 16.9 Å². The van der Waals surface area contributed by atoms with Crippen molar-refractivity contribution in [2.45, 2.75) is 6.92 Å². The second-order valence-electron chi connectivity index (χ2n) is 4.13. The molecule has 0 aromatic heterocycles. The van der Waals surface area contributed by atoms with Crippen molar-refractivity contribution >= 4 is 23.0 Å². The molecular weight excluding hydrogens is 260 g/mol. The van der Waals surface area contributed by atoms with Gasteiger partial charge in [-0.2, -0.15) is 5.26 Å². The quantitative estimate of drug-likeness (QED) is 0.907. The predicted octanol–water partition coefficient (Wildman–Crippen LogP) is 4.27. The summed E-state index contributed by atoms with van der Waals surface area (Å²) < 4.78 is 5.27. The summed E-state index contributed by atoms with van der Waals surface area (Å²) in [6.07, 6.45) is 0. The van der Waals surface area contributed by atoms with Gasteiger partial charge in [0, 0.05) is 5.02 Å². The van der Waals surface area contributed by atoms with Crippen molar-refractivity contribution < 1.29 is 4.74 Å². The Morgan fingerprint density at radius 3 is 2.63 bits per heavy atom. The average Bonchev–Trinajstić information content (AvgIpc) is 2.41. The van der Waals surface area contributed by atoms with E-state index in [1.807, 2.05) is 25.1 Å². The summed E-state index contributed by atoms with van der Waals surface area (Å²) in [6.45, 7) is 1.95. The number of benzene rings is 2. The van der Waals surface area contributed by atoms with Gasteiger partial charge in [-0.25, -0.2) is 0 Å². The third-order valence-electron chi connectivity index (χ3n) is 2.73. The molecule has 0 aliphatic rings. The monoisotopic (exact) mass is 272 g/mol. The topological polar surface area (TPSA) is 45.0 Å². The zero-order valence-corrected chi connectivity index (χ0v) is 11.5. The van der Waals surface area contributed by atoms with Gasteiger partial charge >= 0.3 is 0 Å². The smallest absolute Gasteiger partial charge is 0.142 e. The van der Waals surface area contributed by atoms with E-state index in [4.69, 9.17) is 21.6 Å². The molecule has 0 unspecified atom stereocenters. The molecule has 2 aromatic rings. The Balaban J connectivity index is 2.41. The van der Waals surface area contributed by atoms with Crippen LogP contribution in [0, 0.1) is 18.3 Å². The van der Waals surface area contributed by atoms with Crippen LogP contribution in [0.25, 0.3) is 0 Å². The lowest BCUT2D eigenvalue weighted by atomic mass is 10.1. The van der Waals surface area contributed by atoms with Crippen LogP contribution in [0.15, 0.2) is 36.4 Å². The first-order valence-corrected chi connectivity index (χ1v) is 6.13. The van der Waals surface area contributed by atoms with Gasteiger partial charge in [0.15, 0.2) is 0 Å². The number of rotatable bonds is 3. The van der Waals surface area contributed by atoms with Crippen molar-refractivity contribution in [3.8, 4) is 11.8 Å². The Hall–Kier alpha value is -2.18. The number of nitriles is 1. The molecule has 0 radical (unpaired) electrons. The predicted molar refractivity (Wildman–Crippen MR) is 77.2 cm³/mol. The molecule has 19 heavy (non-hydrogen) atoms. The first-order valence-electron chi connectivity index (χ1n) is 5.75. The molecule has 0 amide bonds. The van der Waals surface area contributed by atoms with Crippen LogP contribution in [0.2, 0.25) is 5.02 Å². The first-order chi connectivity index (χ1) is 9.13. The molecule has 4 heteroatoms.